The van der Waals surface area contributed by atoms with Gasteiger partial charge in [0.05, 0.1) is 11.6 Å². The van der Waals surface area contributed by atoms with Crippen molar-refractivity contribution in [2.45, 2.75) is 0 Å². The molecule has 1 aromatic carbocycles. The summed E-state index contributed by atoms with van der Waals surface area (Å²) in [6.45, 7) is 0. The topological polar surface area (TPSA) is 56.6 Å². The van der Waals surface area contributed by atoms with Gasteiger partial charge in [-0.3, -0.25) is 4.79 Å². The van der Waals surface area contributed by atoms with E-state index >= 15 is 0 Å². The number of nitriles is 1. The molecule has 3 heteroatoms. The molecule has 0 amide bonds. The first-order valence-electron chi connectivity index (χ1n) is 4.49. The van der Waals surface area contributed by atoms with Crippen LogP contribution in [0.5, 0.6) is 0 Å². The van der Waals surface area contributed by atoms with E-state index in [1.807, 2.05) is 24.3 Å². The van der Waals surface area contributed by atoms with Gasteiger partial charge in [0.2, 0.25) is 5.56 Å². The van der Waals surface area contributed by atoms with Gasteiger partial charge in [-0.05, 0) is 29.3 Å². The van der Waals surface area contributed by atoms with Gasteiger partial charge in [-0.2, -0.15) is 5.26 Å². The standard InChI is InChI=1S/C12H8N2O/c13-8-9-1-3-10(4-2-9)11-5-6-14-12(15)7-11/h1-7H,(H,14,15). The second-order valence-corrected chi connectivity index (χ2v) is 3.13. The van der Waals surface area contributed by atoms with Gasteiger partial charge in [-0.1, -0.05) is 12.1 Å². The van der Waals surface area contributed by atoms with Crippen molar-refractivity contribution in [1.29, 1.82) is 5.26 Å². The Hall–Kier alpha value is -2.34. The van der Waals surface area contributed by atoms with Gasteiger partial charge in [0.15, 0.2) is 0 Å². The number of rotatable bonds is 1. The monoisotopic (exact) mass is 196 g/mol. The minimum atomic E-state index is -0.128. The molecule has 3 nitrogen and oxygen atoms in total. The summed E-state index contributed by atoms with van der Waals surface area (Å²) in [7, 11) is 0. The van der Waals surface area contributed by atoms with Crippen molar-refractivity contribution in [3.05, 3.63) is 58.5 Å². The highest BCUT2D eigenvalue weighted by Gasteiger charge is 1.97. The molecule has 0 bridgehead atoms. The molecule has 0 aliphatic carbocycles. The maximum atomic E-state index is 11.1. The van der Waals surface area contributed by atoms with Gasteiger partial charge in [0.25, 0.3) is 0 Å². The van der Waals surface area contributed by atoms with E-state index in [-0.39, 0.29) is 5.56 Å². The zero-order valence-corrected chi connectivity index (χ0v) is 7.90. The van der Waals surface area contributed by atoms with Crippen molar-refractivity contribution < 1.29 is 0 Å². The highest BCUT2D eigenvalue weighted by Crippen LogP contribution is 2.17. The Morgan fingerprint density at radius 2 is 1.80 bits per heavy atom. The van der Waals surface area contributed by atoms with E-state index in [0.29, 0.717) is 5.56 Å². The molecule has 0 aliphatic heterocycles. The molecule has 15 heavy (non-hydrogen) atoms. The number of aromatic amines is 1. The summed E-state index contributed by atoms with van der Waals surface area (Å²) in [5.41, 5.74) is 2.27. The van der Waals surface area contributed by atoms with Crippen LogP contribution >= 0.6 is 0 Å². The molecule has 1 heterocycles. The number of aromatic nitrogens is 1. The molecule has 0 saturated carbocycles. The molecule has 1 N–H and O–H groups in total. The summed E-state index contributed by atoms with van der Waals surface area (Å²) in [5, 5.41) is 8.64. The van der Waals surface area contributed by atoms with Crippen molar-refractivity contribution in [3.8, 4) is 17.2 Å². The largest absolute Gasteiger partial charge is 0.329 e. The fourth-order valence-electron chi connectivity index (χ4n) is 1.36. The number of nitrogens with one attached hydrogen (secondary N) is 1. The lowest BCUT2D eigenvalue weighted by Gasteiger charge is -1.99. The molecule has 0 unspecified atom stereocenters. The maximum absolute atomic E-state index is 11.1. The average molecular weight is 196 g/mol. The summed E-state index contributed by atoms with van der Waals surface area (Å²) in [6, 6.07) is 12.5. The molecule has 1 aromatic heterocycles. The molecule has 0 spiro atoms. The maximum Gasteiger partial charge on any atom is 0.248 e. The molecular formula is C12H8N2O. The Kier molecular flexibility index (Phi) is 2.34. The van der Waals surface area contributed by atoms with E-state index in [2.05, 4.69) is 4.98 Å². The van der Waals surface area contributed by atoms with Crippen LogP contribution < -0.4 is 5.56 Å². The van der Waals surface area contributed by atoms with Gasteiger partial charge in [0, 0.05) is 12.3 Å². The highest BCUT2D eigenvalue weighted by molar-refractivity contribution is 5.63. The summed E-state index contributed by atoms with van der Waals surface area (Å²) < 4.78 is 0. The van der Waals surface area contributed by atoms with Crippen LogP contribution in [-0.4, -0.2) is 4.98 Å². The number of nitrogens with zero attached hydrogens (tertiary/aromatic N) is 1. The van der Waals surface area contributed by atoms with Gasteiger partial charge >= 0.3 is 0 Å². The molecule has 0 saturated heterocycles. The molecular weight excluding hydrogens is 188 g/mol. The lowest BCUT2D eigenvalue weighted by Crippen LogP contribution is -2.01. The van der Waals surface area contributed by atoms with Crippen LogP contribution in [0.1, 0.15) is 5.56 Å². The van der Waals surface area contributed by atoms with Crippen molar-refractivity contribution in [2.75, 3.05) is 0 Å². The average Bonchev–Trinajstić information content (AvgIpc) is 2.29. The van der Waals surface area contributed by atoms with E-state index in [4.69, 9.17) is 5.26 Å². The lowest BCUT2D eigenvalue weighted by molar-refractivity contribution is 1.24. The van der Waals surface area contributed by atoms with E-state index in [9.17, 15) is 4.79 Å². The number of hydrogen-bond acceptors (Lipinski definition) is 2. The molecule has 2 rings (SSSR count). The fraction of sp³-hybridized carbons (Fsp3) is 0. The van der Waals surface area contributed by atoms with Crippen LogP contribution in [0.2, 0.25) is 0 Å². The third-order valence-corrected chi connectivity index (χ3v) is 2.12. The van der Waals surface area contributed by atoms with Crippen LogP contribution in [0, 0.1) is 11.3 Å². The SMILES string of the molecule is N#Cc1ccc(-c2cc[nH]c(=O)c2)cc1. The smallest absolute Gasteiger partial charge is 0.248 e. The highest BCUT2D eigenvalue weighted by atomic mass is 16.1. The van der Waals surface area contributed by atoms with Crippen LogP contribution in [0.15, 0.2) is 47.4 Å². The Labute approximate surface area is 86.6 Å². The molecule has 0 radical (unpaired) electrons. The summed E-state index contributed by atoms with van der Waals surface area (Å²) >= 11 is 0. The zero-order chi connectivity index (χ0) is 10.7. The van der Waals surface area contributed by atoms with Gasteiger partial charge in [0.1, 0.15) is 0 Å². The first kappa shape index (κ1) is 9.22. The first-order chi connectivity index (χ1) is 7.29. The first-order valence-corrected chi connectivity index (χ1v) is 4.49. The molecule has 72 valence electrons. The molecule has 0 fully saturated rings. The van der Waals surface area contributed by atoms with Crippen LogP contribution in [0.4, 0.5) is 0 Å². The van der Waals surface area contributed by atoms with Crippen LogP contribution in [0.3, 0.4) is 0 Å². The fourth-order valence-corrected chi connectivity index (χ4v) is 1.36. The lowest BCUT2D eigenvalue weighted by atomic mass is 10.1. The predicted octanol–water partition coefficient (Wildman–Crippen LogP) is 1.91. The zero-order valence-electron chi connectivity index (χ0n) is 7.90. The number of pyridine rings is 1. The predicted molar refractivity (Wildman–Crippen MR) is 57.2 cm³/mol. The molecule has 2 aromatic rings. The summed E-state index contributed by atoms with van der Waals surface area (Å²) in [6.07, 6.45) is 1.61. The number of hydrogen-bond donors (Lipinski definition) is 1. The summed E-state index contributed by atoms with van der Waals surface area (Å²) in [5.74, 6) is 0. The van der Waals surface area contributed by atoms with Gasteiger partial charge < -0.3 is 4.98 Å². The van der Waals surface area contributed by atoms with Crippen molar-refractivity contribution >= 4 is 0 Å². The Morgan fingerprint density at radius 3 is 2.40 bits per heavy atom. The Morgan fingerprint density at radius 1 is 1.07 bits per heavy atom. The quantitative estimate of drug-likeness (QED) is 0.757. The van der Waals surface area contributed by atoms with Crippen molar-refractivity contribution in [2.24, 2.45) is 0 Å². The molecule has 0 atom stereocenters. The van der Waals surface area contributed by atoms with E-state index in [1.54, 1.807) is 18.3 Å². The van der Waals surface area contributed by atoms with Crippen LogP contribution in [-0.2, 0) is 0 Å². The number of benzene rings is 1. The number of H-pyrrole nitrogens is 1. The summed E-state index contributed by atoms with van der Waals surface area (Å²) in [4.78, 5) is 13.6. The van der Waals surface area contributed by atoms with Crippen LogP contribution in [0.25, 0.3) is 11.1 Å². The second-order valence-electron chi connectivity index (χ2n) is 3.13. The van der Waals surface area contributed by atoms with E-state index < -0.39 is 0 Å². The second kappa shape index (κ2) is 3.81. The van der Waals surface area contributed by atoms with E-state index in [1.165, 1.54) is 6.07 Å². The molecule has 0 aliphatic rings. The Balaban J connectivity index is 2.47. The van der Waals surface area contributed by atoms with Gasteiger partial charge in [-0.25, -0.2) is 0 Å². The Bertz CT molecular complexity index is 561. The minimum absolute atomic E-state index is 0.128. The van der Waals surface area contributed by atoms with E-state index in [0.717, 1.165) is 11.1 Å². The third-order valence-electron chi connectivity index (χ3n) is 2.12. The minimum Gasteiger partial charge on any atom is -0.329 e. The third kappa shape index (κ3) is 1.94. The van der Waals surface area contributed by atoms with Gasteiger partial charge in [-0.15, -0.1) is 0 Å². The normalized spacial score (nSPS) is 9.53. The van der Waals surface area contributed by atoms with Crippen molar-refractivity contribution in [3.63, 3.8) is 0 Å². The van der Waals surface area contributed by atoms with Crippen molar-refractivity contribution in [1.82, 2.24) is 4.98 Å².